The molecule has 0 bridgehead atoms. The van der Waals surface area contributed by atoms with Gasteiger partial charge in [0.05, 0.1) is 11.8 Å². The van der Waals surface area contributed by atoms with Gasteiger partial charge in [0.15, 0.2) is 0 Å². The molecule has 0 unspecified atom stereocenters. The summed E-state index contributed by atoms with van der Waals surface area (Å²) in [7, 11) is 1.86. The number of aromatic nitrogens is 3. The molecule has 6 heteroatoms. The van der Waals surface area contributed by atoms with E-state index in [9.17, 15) is 5.11 Å². The molecule has 6 nitrogen and oxygen atoms in total. The molecule has 0 fully saturated rings. The SMILES string of the molecule is CCN(C)c1noc(-c2ccncc2O)n1. The van der Waals surface area contributed by atoms with Crippen LogP contribution in [0.2, 0.25) is 0 Å². The molecule has 0 atom stereocenters. The molecule has 0 amide bonds. The summed E-state index contributed by atoms with van der Waals surface area (Å²) in [5.41, 5.74) is 0.484. The lowest BCUT2D eigenvalue weighted by Gasteiger charge is -2.08. The third kappa shape index (κ3) is 1.81. The first-order valence-corrected chi connectivity index (χ1v) is 4.90. The molecule has 16 heavy (non-hydrogen) atoms. The minimum absolute atomic E-state index is 0.0249. The first-order chi connectivity index (χ1) is 7.72. The van der Waals surface area contributed by atoms with E-state index in [1.165, 1.54) is 6.20 Å². The zero-order valence-corrected chi connectivity index (χ0v) is 9.08. The van der Waals surface area contributed by atoms with Crippen molar-refractivity contribution in [3.05, 3.63) is 18.5 Å². The molecule has 0 aliphatic carbocycles. The highest BCUT2D eigenvalue weighted by Gasteiger charge is 2.13. The summed E-state index contributed by atoms with van der Waals surface area (Å²) in [4.78, 5) is 9.79. The summed E-state index contributed by atoms with van der Waals surface area (Å²) in [6.07, 6.45) is 2.89. The summed E-state index contributed by atoms with van der Waals surface area (Å²) >= 11 is 0. The highest BCUT2D eigenvalue weighted by molar-refractivity contribution is 5.61. The van der Waals surface area contributed by atoms with Crippen LogP contribution < -0.4 is 4.90 Å². The summed E-state index contributed by atoms with van der Waals surface area (Å²) in [5.74, 6) is 0.806. The van der Waals surface area contributed by atoms with Gasteiger partial charge in [-0.1, -0.05) is 0 Å². The molecule has 0 aromatic carbocycles. The van der Waals surface area contributed by atoms with E-state index in [4.69, 9.17) is 4.52 Å². The van der Waals surface area contributed by atoms with Crippen LogP contribution in [0.3, 0.4) is 0 Å². The second kappa shape index (κ2) is 4.18. The molecule has 0 spiro atoms. The molecule has 2 heterocycles. The van der Waals surface area contributed by atoms with Gasteiger partial charge in [0.1, 0.15) is 5.75 Å². The number of anilines is 1. The van der Waals surface area contributed by atoms with Gasteiger partial charge in [0.25, 0.3) is 11.8 Å². The standard InChI is InChI=1S/C10H12N4O2/c1-3-14(2)10-12-9(16-13-10)7-4-5-11-6-8(7)15/h4-6,15H,3H2,1-2H3. The van der Waals surface area contributed by atoms with Crippen molar-refractivity contribution in [3.63, 3.8) is 0 Å². The lowest BCUT2D eigenvalue weighted by atomic mass is 10.2. The van der Waals surface area contributed by atoms with E-state index in [0.717, 1.165) is 6.54 Å². The zero-order chi connectivity index (χ0) is 11.5. The minimum Gasteiger partial charge on any atom is -0.505 e. The number of aromatic hydroxyl groups is 1. The Labute approximate surface area is 92.5 Å². The van der Waals surface area contributed by atoms with Crippen LogP contribution in [-0.4, -0.2) is 33.8 Å². The smallest absolute Gasteiger partial charge is 0.266 e. The third-order valence-corrected chi connectivity index (χ3v) is 2.26. The number of nitrogens with zero attached hydrogens (tertiary/aromatic N) is 4. The van der Waals surface area contributed by atoms with Crippen LogP contribution in [0.5, 0.6) is 5.75 Å². The molecular weight excluding hydrogens is 208 g/mol. The van der Waals surface area contributed by atoms with Crippen molar-refractivity contribution in [1.29, 1.82) is 0 Å². The van der Waals surface area contributed by atoms with Crippen molar-refractivity contribution in [2.75, 3.05) is 18.5 Å². The maximum Gasteiger partial charge on any atom is 0.266 e. The highest BCUT2D eigenvalue weighted by atomic mass is 16.5. The van der Waals surface area contributed by atoms with Crippen molar-refractivity contribution < 1.29 is 9.63 Å². The second-order valence-electron chi connectivity index (χ2n) is 3.31. The predicted molar refractivity (Wildman–Crippen MR) is 58.1 cm³/mol. The molecule has 0 aliphatic rings. The average Bonchev–Trinajstić information content (AvgIpc) is 2.78. The second-order valence-corrected chi connectivity index (χ2v) is 3.31. The van der Waals surface area contributed by atoms with Gasteiger partial charge in [-0.25, -0.2) is 0 Å². The molecule has 2 aromatic rings. The number of hydrogen-bond donors (Lipinski definition) is 1. The number of rotatable bonds is 3. The number of pyridine rings is 1. The zero-order valence-electron chi connectivity index (χ0n) is 9.08. The Balaban J connectivity index is 2.35. The summed E-state index contributed by atoms with van der Waals surface area (Å²) in [6.45, 7) is 2.77. The van der Waals surface area contributed by atoms with E-state index in [2.05, 4.69) is 15.1 Å². The van der Waals surface area contributed by atoms with Crippen LogP contribution in [0.4, 0.5) is 5.95 Å². The fraction of sp³-hybridized carbons (Fsp3) is 0.300. The van der Waals surface area contributed by atoms with E-state index in [1.54, 1.807) is 12.3 Å². The molecule has 0 aliphatic heterocycles. The van der Waals surface area contributed by atoms with Crippen LogP contribution in [0.1, 0.15) is 6.92 Å². The maximum absolute atomic E-state index is 9.57. The van der Waals surface area contributed by atoms with E-state index in [-0.39, 0.29) is 11.6 Å². The van der Waals surface area contributed by atoms with E-state index >= 15 is 0 Å². The van der Waals surface area contributed by atoms with Crippen LogP contribution in [0.25, 0.3) is 11.5 Å². The average molecular weight is 220 g/mol. The Bertz CT molecular complexity index is 483. The van der Waals surface area contributed by atoms with Crippen LogP contribution in [0, 0.1) is 0 Å². The topological polar surface area (TPSA) is 75.3 Å². The molecule has 1 N–H and O–H groups in total. The van der Waals surface area contributed by atoms with Crippen molar-refractivity contribution >= 4 is 5.95 Å². The largest absolute Gasteiger partial charge is 0.505 e. The van der Waals surface area contributed by atoms with Gasteiger partial charge < -0.3 is 14.5 Å². The van der Waals surface area contributed by atoms with Crippen molar-refractivity contribution in [1.82, 2.24) is 15.1 Å². The van der Waals surface area contributed by atoms with Gasteiger partial charge in [0.2, 0.25) is 0 Å². The highest BCUT2D eigenvalue weighted by Crippen LogP contribution is 2.27. The van der Waals surface area contributed by atoms with Gasteiger partial charge in [-0.2, -0.15) is 4.98 Å². The molecule has 2 rings (SSSR count). The summed E-state index contributed by atoms with van der Waals surface area (Å²) < 4.78 is 5.06. The van der Waals surface area contributed by atoms with E-state index < -0.39 is 0 Å². The molecule has 84 valence electrons. The Morgan fingerprint density at radius 1 is 1.50 bits per heavy atom. The Kier molecular flexibility index (Phi) is 2.72. The van der Waals surface area contributed by atoms with E-state index in [0.29, 0.717) is 11.5 Å². The Hall–Kier alpha value is -2.11. The lowest BCUT2D eigenvalue weighted by Crippen LogP contribution is -2.16. The molecule has 0 saturated heterocycles. The van der Waals surface area contributed by atoms with Crippen LogP contribution in [-0.2, 0) is 0 Å². The van der Waals surface area contributed by atoms with Gasteiger partial charge in [-0.05, 0) is 18.1 Å². The normalized spacial score (nSPS) is 10.4. The van der Waals surface area contributed by atoms with Crippen molar-refractivity contribution in [3.8, 4) is 17.2 Å². The maximum atomic E-state index is 9.57. The first kappa shape index (κ1) is 10.4. The van der Waals surface area contributed by atoms with Gasteiger partial charge in [0, 0.05) is 19.8 Å². The quantitative estimate of drug-likeness (QED) is 0.840. The Morgan fingerprint density at radius 3 is 3.00 bits per heavy atom. The lowest BCUT2D eigenvalue weighted by molar-refractivity contribution is 0.423. The van der Waals surface area contributed by atoms with Crippen LogP contribution >= 0.6 is 0 Å². The van der Waals surface area contributed by atoms with E-state index in [1.807, 2.05) is 18.9 Å². The Morgan fingerprint density at radius 2 is 2.31 bits per heavy atom. The van der Waals surface area contributed by atoms with Crippen LogP contribution in [0.15, 0.2) is 23.0 Å². The summed E-state index contributed by atoms with van der Waals surface area (Å²) in [6, 6.07) is 1.62. The summed E-state index contributed by atoms with van der Waals surface area (Å²) in [5, 5.41) is 13.4. The molecule has 0 radical (unpaired) electrons. The van der Waals surface area contributed by atoms with Gasteiger partial charge >= 0.3 is 0 Å². The molecule has 2 aromatic heterocycles. The van der Waals surface area contributed by atoms with Gasteiger partial charge in [-0.3, -0.25) is 4.98 Å². The third-order valence-electron chi connectivity index (χ3n) is 2.26. The minimum atomic E-state index is 0.0249. The fourth-order valence-electron chi connectivity index (χ4n) is 1.19. The number of hydrogen-bond acceptors (Lipinski definition) is 6. The molecule has 0 saturated carbocycles. The fourth-order valence-corrected chi connectivity index (χ4v) is 1.19. The first-order valence-electron chi connectivity index (χ1n) is 4.90. The molecular formula is C10H12N4O2. The van der Waals surface area contributed by atoms with Crippen molar-refractivity contribution in [2.45, 2.75) is 6.92 Å². The van der Waals surface area contributed by atoms with Crippen molar-refractivity contribution in [2.24, 2.45) is 0 Å². The predicted octanol–water partition coefficient (Wildman–Crippen LogP) is 1.29. The van der Waals surface area contributed by atoms with Gasteiger partial charge in [-0.15, -0.1) is 0 Å². The monoisotopic (exact) mass is 220 g/mol.